The second kappa shape index (κ2) is 7.43. The first-order valence-electron chi connectivity index (χ1n) is 8.49. The minimum Gasteiger partial charge on any atom is -0.273 e. The van der Waals surface area contributed by atoms with Gasteiger partial charge in [-0.25, -0.2) is 5.01 Å². The molecule has 0 N–H and O–H groups in total. The van der Waals surface area contributed by atoms with E-state index < -0.39 is 0 Å². The maximum absolute atomic E-state index is 12.6. The molecule has 1 unspecified atom stereocenters. The second-order valence-electron chi connectivity index (χ2n) is 6.46. The van der Waals surface area contributed by atoms with Gasteiger partial charge in [0.15, 0.2) is 0 Å². The number of aryl methyl sites for hydroxylation is 1. The van der Waals surface area contributed by atoms with Gasteiger partial charge < -0.3 is 0 Å². The number of allylic oxidation sites excluding steroid dienone is 4. The summed E-state index contributed by atoms with van der Waals surface area (Å²) in [6.07, 6.45) is 16.0. The molecule has 2 heterocycles. The second-order valence-corrected chi connectivity index (χ2v) is 6.46. The van der Waals surface area contributed by atoms with Crippen molar-refractivity contribution >= 4 is 12.1 Å². The van der Waals surface area contributed by atoms with Crippen LogP contribution in [0.3, 0.4) is 0 Å². The summed E-state index contributed by atoms with van der Waals surface area (Å²) in [5.41, 5.74) is 3.43. The Morgan fingerprint density at radius 3 is 3.00 bits per heavy atom. The molecule has 0 radical (unpaired) electrons. The van der Waals surface area contributed by atoms with Gasteiger partial charge in [-0.15, -0.1) is 0 Å². The molecule has 0 saturated carbocycles. The van der Waals surface area contributed by atoms with Crippen LogP contribution in [0, 0.1) is 6.92 Å². The highest BCUT2D eigenvalue weighted by Crippen LogP contribution is 2.26. The fourth-order valence-corrected chi connectivity index (χ4v) is 3.12. The van der Waals surface area contributed by atoms with Crippen LogP contribution in [-0.4, -0.2) is 33.0 Å². The van der Waals surface area contributed by atoms with Gasteiger partial charge in [0.2, 0.25) is 5.91 Å². The summed E-state index contributed by atoms with van der Waals surface area (Å²) in [7, 11) is 0. The Morgan fingerprint density at radius 1 is 1.42 bits per heavy atom. The van der Waals surface area contributed by atoms with Gasteiger partial charge in [0.1, 0.15) is 0 Å². The fourth-order valence-electron chi connectivity index (χ4n) is 3.12. The number of hydrazone groups is 1. The van der Waals surface area contributed by atoms with Crippen LogP contribution in [0.5, 0.6) is 0 Å². The smallest absolute Gasteiger partial charge is 0.243 e. The molecule has 1 aliphatic heterocycles. The lowest BCUT2D eigenvalue weighted by molar-refractivity contribution is -0.132. The zero-order valence-corrected chi connectivity index (χ0v) is 14.2. The molecule has 1 aromatic rings. The Bertz CT molecular complexity index is 711. The van der Waals surface area contributed by atoms with E-state index in [1.54, 1.807) is 5.01 Å². The summed E-state index contributed by atoms with van der Waals surface area (Å²) in [6.45, 7) is 6.74. The van der Waals surface area contributed by atoms with Crippen molar-refractivity contribution < 1.29 is 4.79 Å². The van der Waals surface area contributed by atoms with Crippen molar-refractivity contribution in [1.82, 2.24) is 14.8 Å². The van der Waals surface area contributed by atoms with Crippen molar-refractivity contribution in [2.45, 2.75) is 51.6 Å². The van der Waals surface area contributed by atoms with Crippen LogP contribution in [-0.2, 0) is 11.3 Å². The molecule has 0 spiro atoms. The largest absolute Gasteiger partial charge is 0.273 e. The van der Waals surface area contributed by atoms with Gasteiger partial charge in [-0.3, -0.25) is 9.48 Å². The molecule has 0 bridgehead atoms. The summed E-state index contributed by atoms with van der Waals surface area (Å²) >= 11 is 0. The van der Waals surface area contributed by atoms with Crippen molar-refractivity contribution in [3.05, 3.63) is 53.9 Å². The number of hydrogen-bond acceptors (Lipinski definition) is 3. The molecular formula is C19H24N4O. The van der Waals surface area contributed by atoms with Crippen LogP contribution >= 0.6 is 0 Å². The summed E-state index contributed by atoms with van der Waals surface area (Å²) in [5.74, 6) is 0.0713. The van der Waals surface area contributed by atoms with Gasteiger partial charge in [-0.2, -0.15) is 10.2 Å². The Kier molecular flexibility index (Phi) is 5.08. The number of hydrogen-bond donors (Lipinski definition) is 0. The third-order valence-corrected chi connectivity index (χ3v) is 4.40. The molecule has 5 heteroatoms. The fraction of sp³-hybridized carbons (Fsp3) is 0.421. The molecule has 0 saturated heterocycles. The molecule has 0 fully saturated rings. The van der Waals surface area contributed by atoms with E-state index in [2.05, 4.69) is 35.0 Å². The summed E-state index contributed by atoms with van der Waals surface area (Å²) in [4.78, 5) is 12.6. The van der Waals surface area contributed by atoms with Crippen molar-refractivity contribution in [2.75, 3.05) is 0 Å². The van der Waals surface area contributed by atoms with Crippen LogP contribution in [0.4, 0.5) is 0 Å². The maximum Gasteiger partial charge on any atom is 0.243 e. The topological polar surface area (TPSA) is 50.5 Å². The molecule has 1 aromatic heterocycles. The van der Waals surface area contributed by atoms with Gasteiger partial charge in [-0.1, -0.05) is 30.4 Å². The summed E-state index contributed by atoms with van der Waals surface area (Å²) in [6, 6.07) is 0.101. The number of carbonyl (C=O) groups excluding carboxylic acids is 1. The van der Waals surface area contributed by atoms with Crippen molar-refractivity contribution in [3.8, 4) is 0 Å². The molecule has 3 rings (SSSR count). The standard InChI is InChI=1S/C19H24N4O/c1-15(13-22-14-16(2)12-21-22)8-9-19(24)23-18(10-11-20-23)17-6-4-3-5-7-17/h3-4,6,11-12,14,18H,1,5,7-10,13H2,2H3. The molecule has 1 amide bonds. The number of carbonyl (C=O) groups is 1. The molecule has 126 valence electrons. The van der Waals surface area contributed by atoms with E-state index >= 15 is 0 Å². The lowest BCUT2D eigenvalue weighted by Crippen LogP contribution is -2.34. The zero-order chi connectivity index (χ0) is 16.9. The lowest BCUT2D eigenvalue weighted by Gasteiger charge is -2.25. The van der Waals surface area contributed by atoms with E-state index in [0.29, 0.717) is 19.4 Å². The maximum atomic E-state index is 12.6. The molecule has 24 heavy (non-hydrogen) atoms. The molecule has 1 atom stereocenters. The predicted molar refractivity (Wildman–Crippen MR) is 95.5 cm³/mol. The van der Waals surface area contributed by atoms with Gasteiger partial charge >= 0.3 is 0 Å². The molecule has 0 aromatic carbocycles. The molecule has 1 aliphatic carbocycles. The average Bonchev–Trinajstić information content (AvgIpc) is 3.22. The van der Waals surface area contributed by atoms with E-state index in [1.807, 2.05) is 30.2 Å². The van der Waals surface area contributed by atoms with Crippen LogP contribution in [0.25, 0.3) is 0 Å². The van der Waals surface area contributed by atoms with Crippen molar-refractivity contribution in [1.29, 1.82) is 0 Å². The Hall–Kier alpha value is -2.43. The molecular weight excluding hydrogens is 300 g/mol. The van der Waals surface area contributed by atoms with Gasteiger partial charge in [0, 0.05) is 25.3 Å². The van der Waals surface area contributed by atoms with Crippen LogP contribution in [0.2, 0.25) is 0 Å². The van der Waals surface area contributed by atoms with E-state index in [-0.39, 0.29) is 11.9 Å². The number of amides is 1. The monoisotopic (exact) mass is 324 g/mol. The third kappa shape index (κ3) is 3.91. The van der Waals surface area contributed by atoms with Crippen LogP contribution in [0.1, 0.15) is 37.7 Å². The number of nitrogens with zero attached hydrogens (tertiary/aromatic N) is 4. The van der Waals surface area contributed by atoms with Gasteiger partial charge in [-0.05, 0) is 37.3 Å². The average molecular weight is 324 g/mol. The van der Waals surface area contributed by atoms with E-state index in [4.69, 9.17) is 0 Å². The molecule has 2 aliphatic rings. The van der Waals surface area contributed by atoms with E-state index in [0.717, 1.165) is 30.4 Å². The van der Waals surface area contributed by atoms with Gasteiger partial charge in [0.05, 0.1) is 18.8 Å². The van der Waals surface area contributed by atoms with Gasteiger partial charge in [0.25, 0.3) is 0 Å². The predicted octanol–water partition coefficient (Wildman–Crippen LogP) is 3.39. The summed E-state index contributed by atoms with van der Waals surface area (Å²) < 4.78 is 1.86. The first-order chi connectivity index (χ1) is 11.6. The summed E-state index contributed by atoms with van der Waals surface area (Å²) in [5, 5.41) is 10.2. The van der Waals surface area contributed by atoms with E-state index in [1.165, 1.54) is 5.57 Å². The lowest BCUT2D eigenvalue weighted by atomic mass is 9.96. The normalized spacial score (nSPS) is 19.6. The quantitative estimate of drug-likeness (QED) is 0.753. The Morgan fingerprint density at radius 2 is 2.29 bits per heavy atom. The number of aromatic nitrogens is 2. The third-order valence-electron chi connectivity index (χ3n) is 4.40. The minimum atomic E-state index is 0.0713. The highest BCUT2D eigenvalue weighted by atomic mass is 16.2. The van der Waals surface area contributed by atoms with Crippen molar-refractivity contribution in [3.63, 3.8) is 0 Å². The SMILES string of the molecule is C=C(CCC(=O)N1N=CCC1C1=CC=CCC1)Cn1cc(C)cn1. The highest BCUT2D eigenvalue weighted by Gasteiger charge is 2.29. The first kappa shape index (κ1) is 16.4. The minimum absolute atomic E-state index is 0.0713. The van der Waals surface area contributed by atoms with Crippen molar-refractivity contribution in [2.24, 2.45) is 5.10 Å². The van der Waals surface area contributed by atoms with E-state index in [9.17, 15) is 4.79 Å². The zero-order valence-electron chi connectivity index (χ0n) is 14.2. The Balaban J connectivity index is 1.52. The van der Waals surface area contributed by atoms with Crippen LogP contribution < -0.4 is 0 Å². The van der Waals surface area contributed by atoms with Crippen LogP contribution in [0.15, 0.2) is 53.4 Å². The number of rotatable bonds is 6. The molecule has 5 nitrogen and oxygen atoms in total. The Labute approximate surface area is 143 Å². The highest BCUT2D eigenvalue weighted by molar-refractivity contribution is 5.80. The first-order valence-corrected chi connectivity index (χ1v) is 8.49.